The van der Waals surface area contributed by atoms with Gasteiger partial charge in [-0.15, -0.1) is 0 Å². The summed E-state index contributed by atoms with van der Waals surface area (Å²) in [5.41, 5.74) is 6.62. The number of carboxylic acids is 1. The lowest BCUT2D eigenvalue weighted by Gasteiger charge is -2.26. The molecule has 2 rings (SSSR count). The lowest BCUT2D eigenvalue weighted by molar-refractivity contribution is -0.132. The third-order valence-corrected chi connectivity index (χ3v) is 4.27. The van der Waals surface area contributed by atoms with Gasteiger partial charge in [0.2, 0.25) is 0 Å². The minimum Gasteiger partial charge on any atom is -0.478 e. The van der Waals surface area contributed by atoms with Gasteiger partial charge in [0.05, 0.1) is 12.0 Å². The molecule has 5 nitrogen and oxygen atoms in total. The molecule has 3 N–H and O–H groups in total. The molecule has 116 valence electrons. The molecule has 1 aromatic heterocycles. The zero-order valence-electron chi connectivity index (χ0n) is 12.7. The number of rotatable bonds is 6. The van der Waals surface area contributed by atoms with E-state index >= 15 is 0 Å². The first-order chi connectivity index (χ1) is 10.1. The molecule has 1 aliphatic rings. The van der Waals surface area contributed by atoms with E-state index in [1.54, 1.807) is 6.08 Å². The first-order valence-corrected chi connectivity index (χ1v) is 7.75. The van der Waals surface area contributed by atoms with E-state index in [4.69, 9.17) is 5.73 Å². The van der Waals surface area contributed by atoms with Crippen molar-refractivity contribution in [1.29, 1.82) is 0 Å². The number of hydrogen-bond acceptors (Lipinski definition) is 3. The minimum atomic E-state index is -0.885. The highest BCUT2D eigenvalue weighted by molar-refractivity contribution is 5.86. The Morgan fingerprint density at radius 1 is 1.48 bits per heavy atom. The average Bonchev–Trinajstić information content (AvgIpc) is 2.92. The van der Waals surface area contributed by atoms with E-state index in [1.807, 2.05) is 12.5 Å². The molecule has 5 heteroatoms. The summed E-state index contributed by atoms with van der Waals surface area (Å²) in [6.07, 6.45) is 11.4. The van der Waals surface area contributed by atoms with Crippen LogP contribution in [0, 0.1) is 5.92 Å². The molecule has 1 saturated carbocycles. The van der Waals surface area contributed by atoms with Gasteiger partial charge in [0.25, 0.3) is 0 Å². The summed E-state index contributed by atoms with van der Waals surface area (Å²) >= 11 is 0. The standard InChI is InChI=1S/C16H25N3O2/c1-12-4-6-15(7-5-12)19-10-14(18-11-19)9-13(16(20)21)3-2-8-17/h3,10-12,15H,2,4-9,17H2,1H3,(H,20,21)/b13-3-/t12-,15-. The highest BCUT2D eigenvalue weighted by Crippen LogP contribution is 2.31. The second kappa shape index (κ2) is 7.41. The average molecular weight is 291 g/mol. The molecular weight excluding hydrogens is 266 g/mol. The van der Waals surface area contributed by atoms with Crippen molar-refractivity contribution in [3.63, 3.8) is 0 Å². The fraction of sp³-hybridized carbons (Fsp3) is 0.625. The Hall–Kier alpha value is -1.62. The van der Waals surface area contributed by atoms with Gasteiger partial charge >= 0.3 is 5.97 Å². The van der Waals surface area contributed by atoms with Crippen LogP contribution in [0.25, 0.3) is 0 Å². The summed E-state index contributed by atoms with van der Waals surface area (Å²) in [5.74, 6) is -0.0634. The quantitative estimate of drug-likeness (QED) is 0.789. The van der Waals surface area contributed by atoms with Crippen LogP contribution in [-0.2, 0) is 11.2 Å². The van der Waals surface area contributed by atoms with E-state index in [2.05, 4.69) is 16.5 Å². The number of hydrogen-bond donors (Lipinski definition) is 2. The summed E-state index contributed by atoms with van der Waals surface area (Å²) in [7, 11) is 0. The third kappa shape index (κ3) is 4.43. The van der Waals surface area contributed by atoms with Gasteiger partial charge in [0.1, 0.15) is 0 Å². The molecule has 0 amide bonds. The van der Waals surface area contributed by atoms with Gasteiger partial charge < -0.3 is 15.4 Å². The molecule has 21 heavy (non-hydrogen) atoms. The van der Waals surface area contributed by atoms with Crippen molar-refractivity contribution < 1.29 is 9.90 Å². The van der Waals surface area contributed by atoms with Gasteiger partial charge in [-0.1, -0.05) is 13.0 Å². The van der Waals surface area contributed by atoms with Gasteiger partial charge in [-0.05, 0) is 44.6 Å². The highest BCUT2D eigenvalue weighted by Gasteiger charge is 2.20. The largest absolute Gasteiger partial charge is 0.478 e. The molecule has 0 atom stereocenters. The highest BCUT2D eigenvalue weighted by atomic mass is 16.4. The number of aromatic nitrogens is 2. The molecule has 0 aliphatic heterocycles. The number of carbonyl (C=O) groups is 1. The van der Waals surface area contributed by atoms with Gasteiger partial charge in [0.15, 0.2) is 0 Å². The van der Waals surface area contributed by atoms with Crippen LogP contribution < -0.4 is 5.73 Å². The van der Waals surface area contributed by atoms with Crippen LogP contribution in [0.4, 0.5) is 0 Å². The molecule has 0 bridgehead atoms. The SMILES string of the molecule is C[C@H]1CC[C@H](n2cnc(C/C(=C/CCN)C(=O)O)c2)CC1. The van der Waals surface area contributed by atoms with Crippen LogP contribution in [0.3, 0.4) is 0 Å². The number of carboxylic acid groups (broad SMARTS) is 1. The van der Waals surface area contributed by atoms with Crippen LogP contribution in [0.1, 0.15) is 50.8 Å². The third-order valence-electron chi connectivity index (χ3n) is 4.27. The molecule has 0 radical (unpaired) electrons. The molecule has 1 aliphatic carbocycles. The lowest BCUT2D eigenvalue weighted by atomic mass is 9.87. The molecule has 1 fully saturated rings. The van der Waals surface area contributed by atoms with Crippen LogP contribution in [0.15, 0.2) is 24.2 Å². The lowest BCUT2D eigenvalue weighted by Crippen LogP contribution is -2.15. The fourth-order valence-electron chi connectivity index (χ4n) is 2.90. The summed E-state index contributed by atoms with van der Waals surface area (Å²) in [6.45, 7) is 2.77. The van der Waals surface area contributed by atoms with Crippen molar-refractivity contribution in [3.05, 3.63) is 29.9 Å². The fourth-order valence-corrected chi connectivity index (χ4v) is 2.90. The van der Waals surface area contributed by atoms with Gasteiger partial charge in [0, 0.05) is 24.2 Å². The molecule has 0 spiro atoms. The minimum absolute atomic E-state index is 0.367. The van der Waals surface area contributed by atoms with Crippen LogP contribution in [0.5, 0.6) is 0 Å². The summed E-state index contributed by atoms with van der Waals surface area (Å²) < 4.78 is 2.16. The van der Waals surface area contributed by atoms with Crippen molar-refractivity contribution in [1.82, 2.24) is 9.55 Å². The number of nitrogens with zero attached hydrogens (tertiary/aromatic N) is 2. The maximum absolute atomic E-state index is 11.2. The van der Waals surface area contributed by atoms with E-state index in [-0.39, 0.29) is 0 Å². The summed E-state index contributed by atoms with van der Waals surface area (Å²) in [6, 6.07) is 0.517. The van der Waals surface area contributed by atoms with E-state index in [0.717, 1.165) is 11.6 Å². The monoisotopic (exact) mass is 291 g/mol. The van der Waals surface area contributed by atoms with Crippen LogP contribution >= 0.6 is 0 Å². The number of nitrogens with two attached hydrogens (primary N) is 1. The maximum Gasteiger partial charge on any atom is 0.331 e. The maximum atomic E-state index is 11.2. The molecule has 0 aromatic carbocycles. The Morgan fingerprint density at radius 2 is 2.19 bits per heavy atom. The van der Waals surface area contributed by atoms with Crippen molar-refractivity contribution in [2.75, 3.05) is 6.54 Å². The Kier molecular flexibility index (Phi) is 5.56. The second-order valence-electron chi connectivity index (χ2n) is 6.01. The second-order valence-corrected chi connectivity index (χ2v) is 6.01. The molecule has 0 saturated heterocycles. The summed E-state index contributed by atoms with van der Waals surface area (Å²) in [5, 5.41) is 9.20. The number of imidazole rings is 1. The Labute approximate surface area is 125 Å². The molecule has 0 unspecified atom stereocenters. The molecule has 1 aromatic rings. The zero-order chi connectivity index (χ0) is 15.2. The Morgan fingerprint density at radius 3 is 2.81 bits per heavy atom. The van der Waals surface area contributed by atoms with Crippen molar-refractivity contribution in [2.24, 2.45) is 11.7 Å². The Balaban J connectivity index is 2.00. The smallest absolute Gasteiger partial charge is 0.331 e. The van der Waals surface area contributed by atoms with Crippen LogP contribution in [0.2, 0.25) is 0 Å². The summed E-state index contributed by atoms with van der Waals surface area (Å²) in [4.78, 5) is 15.6. The van der Waals surface area contributed by atoms with E-state index in [9.17, 15) is 9.90 Å². The van der Waals surface area contributed by atoms with Gasteiger partial charge in [-0.2, -0.15) is 0 Å². The van der Waals surface area contributed by atoms with Crippen molar-refractivity contribution in [3.8, 4) is 0 Å². The first-order valence-electron chi connectivity index (χ1n) is 7.75. The van der Waals surface area contributed by atoms with E-state index < -0.39 is 5.97 Å². The number of aliphatic carboxylic acids is 1. The predicted molar refractivity (Wildman–Crippen MR) is 82.0 cm³/mol. The Bertz CT molecular complexity index is 499. The predicted octanol–water partition coefficient (Wildman–Crippen LogP) is 2.54. The molecule has 1 heterocycles. The normalized spacial score (nSPS) is 23.2. The molecular formula is C16H25N3O2. The topological polar surface area (TPSA) is 81.1 Å². The van der Waals surface area contributed by atoms with E-state index in [1.165, 1.54) is 25.7 Å². The van der Waals surface area contributed by atoms with Gasteiger partial charge in [-0.3, -0.25) is 0 Å². The zero-order valence-corrected chi connectivity index (χ0v) is 12.7. The van der Waals surface area contributed by atoms with Gasteiger partial charge in [-0.25, -0.2) is 9.78 Å². The van der Waals surface area contributed by atoms with Crippen LogP contribution in [-0.4, -0.2) is 27.2 Å². The van der Waals surface area contributed by atoms with Crippen molar-refractivity contribution >= 4 is 5.97 Å². The van der Waals surface area contributed by atoms with E-state index in [0.29, 0.717) is 31.0 Å². The first kappa shape index (κ1) is 15.8. The van der Waals surface area contributed by atoms with Crippen molar-refractivity contribution in [2.45, 2.75) is 51.5 Å².